The van der Waals surface area contributed by atoms with Crippen molar-refractivity contribution >= 4 is 37.6 Å². The van der Waals surface area contributed by atoms with Gasteiger partial charge in [-0.15, -0.1) is 11.6 Å². The lowest BCUT2D eigenvalue weighted by Crippen LogP contribution is -2.23. The van der Waals surface area contributed by atoms with E-state index in [9.17, 15) is 8.42 Å². The Labute approximate surface area is 138 Å². The second kappa shape index (κ2) is 7.40. The summed E-state index contributed by atoms with van der Waals surface area (Å²) in [5.74, 6) is 0.521. The van der Waals surface area contributed by atoms with Crippen LogP contribution >= 0.6 is 27.5 Å². The van der Waals surface area contributed by atoms with E-state index < -0.39 is 10.0 Å². The van der Waals surface area contributed by atoms with Crippen molar-refractivity contribution in [2.75, 3.05) is 5.88 Å². The average molecular weight is 389 g/mol. The van der Waals surface area contributed by atoms with Crippen molar-refractivity contribution in [2.45, 2.75) is 17.9 Å². The van der Waals surface area contributed by atoms with Crippen molar-refractivity contribution in [3.8, 4) is 0 Å². The van der Waals surface area contributed by atoms with E-state index in [4.69, 9.17) is 11.6 Å². The van der Waals surface area contributed by atoms with Gasteiger partial charge in [0.05, 0.1) is 4.90 Å². The highest BCUT2D eigenvalue weighted by atomic mass is 79.9. The maximum absolute atomic E-state index is 12.2. The van der Waals surface area contributed by atoms with Crippen LogP contribution in [0.15, 0.2) is 57.9 Å². The van der Waals surface area contributed by atoms with Gasteiger partial charge in [-0.1, -0.05) is 40.2 Å². The predicted octanol–water partition coefficient (Wildman–Crippen LogP) is 3.71. The lowest BCUT2D eigenvalue weighted by molar-refractivity contribution is 0.581. The summed E-state index contributed by atoms with van der Waals surface area (Å²) in [4.78, 5) is 0.260. The van der Waals surface area contributed by atoms with Gasteiger partial charge in [0.1, 0.15) is 0 Å². The van der Waals surface area contributed by atoms with E-state index in [2.05, 4.69) is 20.7 Å². The molecular weight excluding hydrogens is 374 g/mol. The zero-order chi connectivity index (χ0) is 15.3. The third kappa shape index (κ3) is 4.81. The molecule has 0 fully saturated rings. The molecular formula is C15H15BrClNO2S. The maximum atomic E-state index is 12.2. The van der Waals surface area contributed by atoms with Crippen LogP contribution in [0, 0.1) is 0 Å². The van der Waals surface area contributed by atoms with Crippen molar-refractivity contribution in [1.29, 1.82) is 0 Å². The standard InChI is InChI=1S/C15H15BrClNO2S/c16-14-3-1-2-13(10-14)11-18-21(19,20)15-6-4-12(5-7-15)8-9-17/h1-7,10,18H,8-9,11H2. The van der Waals surface area contributed by atoms with Gasteiger partial charge in [0.25, 0.3) is 0 Å². The first-order valence-electron chi connectivity index (χ1n) is 6.40. The molecule has 0 unspecified atom stereocenters. The molecule has 2 aromatic rings. The Hall–Kier alpha value is -0.880. The van der Waals surface area contributed by atoms with Crippen LogP contribution in [0.2, 0.25) is 0 Å². The van der Waals surface area contributed by atoms with Crippen LogP contribution in [-0.2, 0) is 23.0 Å². The average Bonchev–Trinajstić information content (AvgIpc) is 2.46. The monoisotopic (exact) mass is 387 g/mol. The van der Waals surface area contributed by atoms with Crippen LogP contribution in [0.5, 0.6) is 0 Å². The smallest absolute Gasteiger partial charge is 0.207 e. The highest BCUT2D eigenvalue weighted by Crippen LogP contribution is 2.14. The fraction of sp³-hybridized carbons (Fsp3) is 0.200. The number of rotatable bonds is 6. The summed E-state index contributed by atoms with van der Waals surface area (Å²) < 4.78 is 27.9. The van der Waals surface area contributed by atoms with Crippen LogP contribution in [0.25, 0.3) is 0 Å². The van der Waals surface area contributed by atoms with Gasteiger partial charge in [0, 0.05) is 16.9 Å². The Morgan fingerprint density at radius 3 is 2.38 bits per heavy atom. The molecule has 0 saturated heterocycles. The highest BCUT2D eigenvalue weighted by Gasteiger charge is 2.13. The van der Waals surface area contributed by atoms with Crippen LogP contribution in [-0.4, -0.2) is 14.3 Å². The van der Waals surface area contributed by atoms with Crippen LogP contribution in [0.1, 0.15) is 11.1 Å². The summed E-state index contributed by atoms with van der Waals surface area (Å²) in [5.41, 5.74) is 1.92. The lowest BCUT2D eigenvalue weighted by atomic mass is 10.2. The van der Waals surface area contributed by atoms with Gasteiger partial charge >= 0.3 is 0 Å². The molecule has 21 heavy (non-hydrogen) atoms. The maximum Gasteiger partial charge on any atom is 0.240 e. The zero-order valence-corrected chi connectivity index (χ0v) is 14.4. The third-order valence-electron chi connectivity index (χ3n) is 2.97. The fourth-order valence-electron chi connectivity index (χ4n) is 1.85. The van der Waals surface area contributed by atoms with E-state index in [1.165, 1.54) is 0 Å². The first-order chi connectivity index (χ1) is 10.0. The molecule has 1 N–H and O–H groups in total. The summed E-state index contributed by atoms with van der Waals surface area (Å²) in [5, 5.41) is 0. The minimum Gasteiger partial charge on any atom is -0.207 e. The summed E-state index contributed by atoms with van der Waals surface area (Å²) >= 11 is 9.02. The number of hydrogen-bond acceptors (Lipinski definition) is 2. The molecule has 0 saturated carbocycles. The zero-order valence-electron chi connectivity index (χ0n) is 11.2. The molecule has 0 aromatic heterocycles. The van der Waals surface area contributed by atoms with Gasteiger partial charge in [0.2, 0.25) is 10.0 Å². The summed E-state index contributed by atoms with van der Waals surface area (Å²) in [6, 6.07) is 14.3. The number of sulfonamides is 1. The molecule has 3 nitrogen and oxygen atoms in total. The summed E-state index contributed by atoms with van der Waals surface area (Å²) in [6.07, 6.45) is 0.730. The topological polar surface area (TPSA) is 46.2 Å². The molecule has 0 spiro atoms. The molecule has 0 radical (unpaired) electrons. The number of nitrogens with one attached hydrogen (secondary N) is 1. The van der Waals surface area contributed by atoms with Gasteiger partial charge in [0.15, 0.2) is 0 Å². The Balaban J connectivity index is 2.07. The first kappa shape index (κ1) is 16.5. The van der Waals surface area contributed by atoms with E-state index >= 15 is 0 Å². The number of hydrogen-bond donors (Lipinski definition) is 1. The van der Waals surface area contributed by atoms with Crippen LogP contribution in [0.4, 0.5) is 0 Å². The quantitative estimate of drug-likeness (QED) is 0.767. The highest BCUT2D eigenvalue weighted by molar-refractivity contribution is 9.10. The minimum absolute atomic E-state index is 0.255. The number of aryl methyl sites for hydroxylation is 1. The van der Waals surface area contributed by atoms with Crippen molar-refractivity contribution in [1.82, 2.24) is 4.72 Å². The number of alkyl halides is 1. The third-order valence-corrected chi connectivity index (χ3v) is 5.07. The van der Waals surface area contributed by atoms with E-state index in [0.717, 1.165) is 22.0 Å². The van der Waals surface area contributed by atoms with Crippen LogP contribution in [0.3, 0.4) is 0 Å². The van der Waals surface area contributed by atoms with E-state index in [1.54, 1.807) is 24.3 Å². The van der Waals surface area contributed by atoms with E-state index in [1.807, 2.05) is 24.3 Å². The molecule has 6 heteroatoms. The van der Waals surface area contributed by atoms with Crippen molar-refractivity contribution in [3.05, 3.63) is 64.1 Å². The second-order valence-corrected chi connectivity index (χ2v) is 7.60. The Morgan fingerprint density at radius 2 is 1.76 bits per heavy atom. The SMILES string of the molecule is O=S(=O)(NCc1cccc(Br)c1)c1ccc(CCCl)cc1. The van der Waals surface area contributed by atoms with Crippen molar-refractivity contribution < 1.29 is 8.42 Å². The Morgan fingerprint density at radius 1 is 1.05 bits per heavy atom. The molecule has 0 bridgehead atoms. The number of benzene rings is 2. The van der Waals surface area contributed by atoms with Crippen molar-refractivity contribution in [2.24, 2.45) is 0 Å². The van der Waals surface area contributed by atoms with E-state index in [0.29, 0.717) is 5.88 Å². The molecule has 2 rings (SSSR count). The van der Waals surface area contributed by atoms with Crippen LogP contribution < -0.4 is 4.72 Å². The van der Waals surface area contributed by atoms with E-state index in [-0.39, 0.29) is 11.4 Å². The second-order valence-electron chi connectivity index (χ2n) is 4.54. The molecule has 0 aliphatic carbocycles. The Bertz CT molecular complexity index is 702. The molecule has 0 amide bonds. The molecule has 0 atom stereocenters. The van der Waals surface area contributed by atoms with Gasteiger partial charge in [-0.2, -0.15) is 0 Å². The largest absolute Gasteiger partial charge is 0.240 e. The molecule has 0 aliphatic heterocycles. The minimum atomic E-state index is -3.50. The summed E-state index contributed by atoms with van der Waals surface area (Å²) in [7, 11) is -3.50. The van der Waals surface area contributed by atoms with Crippen molar-refractivity contribution in [3.63, 3.8) is 0 Å². The molecule has 0 heterocycles. The molecule has 112 valence electrons. The molecule has 2 aromatic carbocycles. The van der Waals surface area contributed by atoms with Gasteiger partial charge < -0.3 is 0 Å². The number of halogens is 2. The first-order valence-corrected chi connectivity index (χ1v) is 9.21. The predicted molar refractivity (Wildman–Crippen MR) is 89.0 cm³/mol. The van der Waals surface area contributed by atoms with Gasteiger partial charge in [-0.05, 0) is 41.8 Å². The summed E-state index contributed by atoms with van der Waals surface area (Å²) in [6.45, 7) is 0.255. The molecule has 0 aliphatic rings. The Kier molecular flexibility index (Phi) is 5.81. The normalized spacial score (nSPS) is 11.5. The van der Waals surface area contributed by atoms with Gasteiger partial charge in [-0.25, -0.2) is 13.1 Å². The lowest BCUT2D eigenvalue weighted by Gasteiger charge is -2.08. The fourth-order valence-corrected chi connectivity index (χ4v) is 3.54. The van der Waals surface area contributed by atoms with Gasteiger partial charge in [-0.3, -0.25) is 0 Å².